The standard InChI is InChI=1S/C24H24Br2N2O5/c1-24(2,3)33-23(31)28-13-15(18-7-5-6-8-20(18)28)11-19(22(30)32-4)27-21(29)14-9-16(25)12-17(26)10-14/h5-10,12-13,19H,11H2,1-4H3,(H,27,29)/t19-/m0/s1. The lowest BCUT2D eigenvalue weighted by molar-refractivity contribution is -0.142. The molecule has 3 aromatic rings. The Balaban J connectivity index is 1.93. The number of para-hydroxylation sites is 1. The van der Waals surface area contributed by atoms with Crippen molar-refractivity contribution in [1.29, 1.82) is 0 Å². The molecule has 1 amide bonds. The van der Waals surface area contributed by atoms with Crippen molar-refractivity contribution in [1.82, 2.24) is 9.88 Å². The molecule has 1 N–H and O–H groups in total. The van der Waals surface area contributed by atoms with E-state index in [2.05, 4.69) is 37.2 Å². The summed E-state index contributed by atoms with van der Waals surface area (Å²) in [6.07, 6.45) is 1.24. The maximum absolute atomic E-state index is 12.9. The van der Waals surface area contributed by atoms with Crippen LogP contribution in [0.1, 0.15) is 36.7 Å². The van der Waals surface area contributed by atoms with E-state index in [0.29, 0.717) is 16.6 Å². The number of ether oxygens (including phenoxy) is 2. The highest BCUT2D eigenvalue weighted by molar-refractivity contribution is 9.11. The molecule has 2 aromatic carbocycles. The number of carbonyl (C=O) groups is 3. The van der Waals surface area contributed by atoms with E-state index in [-0.39, 0.29) is 6.42 Å². The molecule has 0 aliphatic heterocycles. The number of nitrogens with one attached hydrogen (secondary N) is 1. The summed E-state index contributed by atoms with van der Waals surface area (Å²) < 4.78 is 13.3. The van der Waals surface area contributed by atoms with Crippen LogP contribution in [0.5, 0.6) is 0 Å². The molecule has 0 radical (unpaired) electrons. The van der Waals surface area contributed by atoms with E-state index in [1.807, 2.05) is 18.2 Å². The van der Waals surface area contributed by atoms with Gasteiger partial charge in [0.1, 0.15) is 11.6 Å². The molecular formula is C24H24Br2N2O5. The van der Waals surface area contributed by atoms with E-state index >= 15 is 0 Å². The van der Waals surface area contributed by atoms with E-state index in [1.54, 1.807) is 51.2 Å². The minimum atomic E-state index is -0.960. The molecule has 0 bridgehead atoms. The molecule has 0 saturated carbocycles. The number of benzene rings is 2. The van der Waals surface area contributed by atoms with Gasteiger partial charge in [-0.25, -0.2) is 9.59 Å². The molecule has 0 fully saturated rings. The van der Waals surface area contributed by atoms with Gasteiger partial charge in [-0.2, -0.15) is 0 Å². The molecule has 9 heteroatoms. The number of hydrogen-bond donors (Lipinski definition) is 1. The van der Waals surface area contributed by atoms with Gasteiger partial charge in [0.25, 0.3) is 5.91 Å². The zero-order valence-corrected chi connectivity index (χ0v) is 21.8. The number of amides is 1. The van der Waals surface area contributed by atoms with Crippen molar-refractivity contribution in [3.05, 3.63) is 68.7 Å². The second-order valence-electron chi connectivity index (χ2n) is 8.43. The lowest BCUT2D eigenvalue weighted by Gasteiger charge is -2.19. The highest BCUT2D eigenvalue weighted by Crippen LogP contribution is 2.25. The summed E-state index contributed by atoms with van der Waals surface area (Å²) in [5.41, 5.74) is 1.06. The van der Waals surface area contributed by atoms with Crippen LogP contribution < -0.4 is 5.32 Å². The first-order valence-electron chi connectivity index (χ1n) is 10.2. The molecule has 1 atom stereocenters. The van der Waals surface area contributed by atoms with Crippen LogP contribution in [0.2, 0.25) is 0 Å². The zero-order chi connectivity index (χ0) is 24.3. The normalized spacial score (nSPS) is 12.3. The van der Waals surface area contributed by atoms with Gasteiger partial charge in [-0.1, -0.05) is 50.1 Å². The molecule has 1 heterocycles. The topological polar surface area (TPSA) is 86.6 Å². The fraction of sp³-hybridized carbons (Fsp3) is 0.292. The van der Waals surface area contributed by atoms with Gasteiger partial charge >= 0.3 is 12.1 Å². The van der Waals surface area contributed by atoms with Gasteiger partial charge < -0.3 is 14.8 Å². The first kappa shape index (κ1) is 25.0. The quantitative estimate of drug-likeness (QED) is 0.405. The molecule has 33 heavy (non-hydrogen) atoms. The summed E-state index contributed by atoms with van der Waals surface area (Å²) in [5.74, 6) is -1.02. The molecule has 3 rings (SSSR count). The van der Waals surface area contributed by atoms with Crippen molar-refractivity contribution < 1.29 is 23.9 Å². The molecule has 0 unspecified atom stereocenters. The summed E-state index contributed by atoms with van der Waals surface area (Å²) in [7, 11) is 1.27. The van der Waals surface area contributed by atoms with Crippen LogP contribution in [0.15, 0.2) is 57.6 Å². The third-order valence-corrected chi connectivity index (χ3v) is 5.64. The van der Waals surface area contributed by atoms with Crippen LogP contribution in [-0.2, 0) is 20.7 Å². The smallest absolute Gasteiger partial charge is 0.419 e. The third kappa shape index (κ3) is 6.23. The number of esters is 1. The van der Waals surface area contributed by atoms with Crippen molar-refractivity contribution in [3.63, 3.8) is 0 Å². The molecule has 0 saturated heterocycles. The summed E-state index contributed by atoms with van der Waals surface area (Å²) in [6.45, 7) is 5.38. The van der Waals surface area contributed by atoms with Crippen molar-refractivity contribution in [2.24, 2.45) is 0 Å². The molecule has 0 aliphatic rings. The average molecular weight is 580 g/mol. The van der Waals surface area contributed by atoms with Gasteiger partial charge in [-0.05, 0) is 50.6 Å². The van der Waals surface area contributed by atoms with Crippen LogP contribution in [0.4, 0.5) is 4.79 Å². The SMILES string of the molecule is COC(=O)[C@H](Cc1cn(C(=O)OC(C)(C)C)c2ccccc12)NC(=O)c1cc(Br)cc(Br)c1. The first-order valence-corrected chi connectivity index (χ1v) is 11.7. The highest BCUT2D eigenvalue weighted by Gasteiger charge is 2.26. The Morgan fingerprint density at radius 3 is 2.30 bits per heavy atom. The second-order valence-corrected chi connectivity index (χ2v) is 10.3. The Labute approximate surface area is 208 Å². The zero-order valence-electron chi connectivity index (χ0n) is 18.6. The molecule has 0 spiro atoms. The summed E-state index contributed by atoms with van der Waals surface area (Å²) in [6, 6.07) is 11.5. The number of halogens is 2. The van der Waals surface area contributed by atoms with Gasteiger partial charge in [0.05, 0.1) is 12.6 Å². The first-order chi connectivity index (χ1) is 15.5. The van der Waals surface area contributed by atoms with Gasteiger partial charge in [0.2, 0.25) is 0 Å². The van der Waals surface area contributed by atoms with Crippen LogP contribution in [0, 0.1) is 0 Å². The molecule has 7 nitrogen and oxygen atoms in total. The average Bonchev–Trinajstić information content (AvgIpc) is 3.09. The van der Waals surface area contributed by atoms with Gasteiger partial charge in [-0.3, -0.25) is 9.36 Å². The number of rotatable bonds is 5. The van der Waals surface area contributed by atoms with Gasteiger partial charge in [0.15, 0.2) is 0 Å². The number of hydrogen-bond acceptors (Lipinski definition) is 5. The van der Waals surface area contributed by atoms with E-state index in [4.69, 9.17) is 9.47 Å². The van der Waals surface area contributed by atoms with E-state index < -0.39 is 29.6 Å². The summed E-state index contributed by atoms with van der Waals surface area (Å²) >= 11 is 6.72. The Morgan fingerprint density at radius 1 is 1.06 bits per heavy atom. The maximum atomic E-state index is 12.9. The van der Waals surface area contributed by atoms with E-state index in [1.165, 1.54) is 11.7 Å². The largest absolute Gasteiger partial charge is 0.467 e. The van der Waals surface area contributed by atoms with E-state index in [9.17, 15) is 14.4 Å². The monoisotopic (exact) mass is 578 g/mol. The molecule has 1 aromatic heterocycles. The van der Waals surface area contributed by atoms with Crippen molar-refractivity contribution in [3.8, 4) is 0 Å². The Kier molecular flexibility index (Phi) is 7.64. The summed E-state index contributed by atoms with van der Waals surface area (Å²) in [5, 5.41) is 3.52. The van der Waals surface area contributed by atoms with Crippen LogP contribution in [0.25, 0.3) is 10.9 Å². The Hall–Kier alpha value is -2.65. The number of nitrogens with zero attached hydrogens (tertiary/aromatic N) is 1. The van der Waals surface area contributed by atoms with Crippen LogP contribution >= 0.6 is 31.9 Å². The molecular weight excluding hydrogens is 556 g/mol. The van der Waals surface area contributed by atoms with E-state index in [0.717, 1.165) is 14.3 Å². The minimum absolute atomic E-state index is 0.129. The Morgan fingerprint density at radius 2 is 1.70 bits per heavy atom. The number of fused-ring (bicyclic) bond motifs is 1. The molecule has 174 valence electrons. The van der Waals surface area contributed by atoms with Gasteiger partial charge in [0, 0.05) is 32.5 Å². The van der Waals surface area contributed by atoms with Gasteiger partial charge in [-0.15, -0.1) is 0 Å². The number of aromatic nitrogens is 1. The lowest BCUT2D eigenvalue weighted by atomic mass is 10.0. The minimum Gasteiger partial charge on any atom is -0.467 e. The number of methoxy groups -OCH3 is 1. The fourth-order valence-electron chi connectivity index (χ4n) is 3.36. The number of carbonyl (C=O) groups excluding carboxylic acids is 3. The lowest BCUT2D eigenvalue weighted by Crippen LogP contribution is -2.43. The Bertz CT molecular complexity index is 1190. The fourth-order valence-corrected chi connectivity index (χ4v) is 4.65. The van der Waals surface area contributed by atoms with Crippen LogP contribution in [0.3, 0.4) is 0 Å². The van der Waals surface area contributed by atoms with Crippen molar-refractivity contribution in [2.75, 3.05) is 7.11 Å². The van der Waals surface area contributed by atoms with Crippen molar-refractivity contribution in [2.45, 2.75) is 38.8 Å². The molecule has 0 aliphatic carbocycles. The maximum Gasteiger partial charge on any atom is 0.419 e. The third-order valence-electron chi connectivity index (χ3n) is 4.72. The predicted octanol–water partition coefficient (Wildman–Crippen LogP) is 5.46. The van der Waals surface area contributed by atoms with Crippen molar-refractivity contribution >= 4 is 60.7 Å². The highest BCUT2D eigenvalue weighted by atomic mass is 79.9. The predicted molar refractivity (Wildman–Crippen MR) is 132 cm³/mol. The summed E-state index contributed by atoms with van der Waals surface area (Å²) in [4.78, 5) is 38.2. The second kappa shape index (κ2) is 10.1. The van der Waals surface area contributed by atoms with Crippen LogP contribution in [-0.4, -0.2) is 41.3 Å².